The molecular formula is C20H28N4O2S. The number of hydrogen-bond donors (Lipinski definition) is 2. The van der Waals surface area contributed by atoms with Crippen molar-refractivity contribution in [1.82, 2.24) is 15.1 Å². The van der Waals surface area contributed by atoms with Crippen molar-refractivity contribution in [1.29, 1.82) is 0 Å². The van der Waals surface area contributed by atoms with Gasteiger partial charge in [0.05, 0.1) is 17.4 Å². The van der Waals surface area contributed by atoms with Crippen molar-refractivity contribution in [3.8, 4) is 0 Å². The van der Waals surface area contributed by atoms with Gasteiger partial charge < -0.3 is 15.4 Å². The summed E-state index contributed by atoms with van der Waals surface area (Å²) in [4.78, 5) is 15.0. The molecule has 2 aliphatic rings. The van der Waals surface area contributed by atoms with Gasteiger partial charge in [0.2, 0.25) is 0 Å². The van der Waals surface area contributed by atoms with Crippen LogP contribution in [0.1, 0.15) is 52.2 Å². The van der Waals surface area contributed by atoms with Gasteiger partial charge in [-0.25, -0.2) is 0 Å². The number of aromatic nitrogens is 2. The van der Waals surface area contributed by atoms with Crippen LogP contribution in [0.4, 0.5) is 5.69 Å². The molecule has 27 heavy (non-hydrogen) atoms. The number of hydrogen-bond acceptors (Lipinski definition) is 5. The van der Waals surface area contributed by atoms with Crippen LogP contribution >= 0.6 is 11.3 Å². The van der Waals surface area contributed by atoms with Crippen LogP contribution in [-0.2, 0) is 11.3 Å². The first kappa shape index (κ1) is 18.7. The monoisotopic (exact) mass is 388 g/mol. The molecule has 7 heteroatoms. The number of carbonyl (C=O) groups is 1. The van der Waals surface area contributed by atoms with Crippen molar-refractivity contribution in [3.63, 3.8) is 0 Å². The zero-order valence-electron chi connectivity index (χ0n) is 16.0. The van der Waals surface area contributed by atoms with Crippen LogP contribution < -0.4 is 10.6 Å². The lowest BCUT2D eigenvalue weighted by Gasteiger charge is -2.22. The lowest BCUT2D eigenvalue weighted by Crippen LogP contribution is -2.29. The Morgan fingerprint density at radius 3 is 2.96 bits per heavy atom. The van der Waals surface area contributed by atoms with Crippen molar-refractivity contribution in [2.24, 2.45) is 5.92 Å². The summed E-state index contributed by atoms with van der Waals surface area (Å²) in [7, 11) is 0. The largest absolute Gasteiger partial charge is 0.381 e. The summed E-state index contributed by atoms with van der Waals surface area (Å²) in [6, 6.07) is 2.64. The van der Waals surface area contributed by atoms with Gasteiger partial charge in [-0.1, -0.05) is 0 Å². The Morgan fingerprint density at radius 2 is 2.22 bits per heavy atom. The van der Waals surface area contributed by atoms with Gasteiger partial charge >= 0.3 is 0 Å². The smallest absolute Gasteiger partial charge is 0.256 e. The highest BCUT2D eigenvalue weighted by Crippen LogP contribution is 2.45. The minimum atomic E-state index is -0.0435. The van der Waals surface area contributed by atoms with Crippen molar-refractivity contribution in [3.05, 3.63) is 33.8 Å². The molecule has 0 spiro atoms. The number of carbonyl (C=O) groups excluding carboxylic acids is 1. The molecular weight excluding hydrogens is 360 g/mol. The molecule has 1 saturated heterocycles. The molecule has 146 valence electrons. The third-order valence-corrected chi connectivity index (χ3v) is 6.74. The molecule has 6 nitrogen and oxygen atoms in total. The van der Waals surface area contributed by atoms with E-state index in [0.29, 0.717) is 12.0 Å². The van der Waals surface area contributed by atoms with Crippen molar-refractivity contribution >= 4 is 22.9 Å². The second-order valence-corrected chi connectivity index (χ2v) is 8.86. The minimum absolute atomic E-state index is 0.0435. The number of ether oxygens (including phenoxy) is 1. The first-order valence-corrected chi connectivity index (χ1v) is 10.7. The molecule has 2 atom stereocenters. The summed E-state index contributed by atoms with van der Waals surface area (Å²) in [6.45, 7) is 7.74. The van der Waals surface area contributed by atoms with E-state index in [1.165, 1.54) is 24.1 Å². The highest BCUT2D eigenvalue weighted by Gasteiger charge is 2.40. The second-order valence-electron chi connectivity index (χ2n) is 7.57. The summed E-state index contributed by atoms with van der Waals surface area (Å²) in [5.41, 5.74) is 1.53. The molecule has 2 aromatic heterocycles. The standard InChI is InChI=1S/C20H28N4O2S/c1-3-24-12-15(11-22-24)23-20(25)16-9-19(27-13(16)2)17-8-18(17)21-10-14-4-6-26-7-5-14/h9,11-12,14,17-18,21H,3-8,10H2,1-2H3,(H,23,25). The fourth-order valence-electron chi connectivity index (χ4n) is 3.72. The highest BCUT2D eigenvalue weighted by molar-refractivity contribution is 7.12. The third-order valence-electron chi connectivity index (χ3n) is 5.56. The quantitative estimate of drug-likeness (QED) is 0.763. The molecule has 1 aliphatic carbocycles. The fourth-order valence-corrected chi connectivity index (χ4v) is 4.92. The van der Waals surface area contributed by atoms with E-state index in [0.717, 1.165) is 48.3 Å². The van der Waals surface area contributed by atoms with Gasteiger partial charge in [0.15, 0.2) is 0 Å². The van der Waals surface area contributed by atoms with Crippen LogP contribution in [0.25, 0.3) is 0 Å². The summed E-state index contributed by atoms with van der Waals surface area (Å²) >= 11 is 1.76. The van der Waals surface area contributed by atoms with Gasteiger partial charge in [0, 0.05) is 47.7 Å². The molecule has 4 rings (SSSR count). The predicted molar refractivity (Wildman–Crippen MR) is 108 cm³/mol. The molecule has 1 saturated carbocycles. The van der Waals surface area contributed by atoms with Gasteiger partial charge in [-0.15, -0.1) is 11.3 Å². The Morgan fingerprint density at radius 1 is 1.41 bits per heavy atom. The predicted octanol–water partition coefficient (Wildman–Crippen LogP) is 3.40. The molecule has 2 fully saturated rings. The number of aryl methyl sites for hydroxylation is 2. The number of rotatable bonds is 7. The summed E-state index contributed by atoms with van der Waals surface area (Å²) in [5.74, 6) is 1.26. The SMILES string of the molecule is CCn1cc(NC(=O)c2cc(C3CC3NCC3CCOCC3)sc2C)cn1. The number of amides is 1. The summed E-state index contributed by atoms with van der Waals surface area (Å²) in [6.07, 6.45) is 7.06. The third kappa shape index (κ3) is 4.42. The average Bonchev–Trinajstić information content (AvgIpc) is 3.13. The lowest BCUT2D eigenvalue weighted by atomic mass is 10.0. The van der Waals surface area contributed by atoms with Crippen LogP contribution in [0.15, 0.2) is 18.5 Å². The van der Waals surface area contributed by atoms with Crippen LogP contribution in [-0.4, -0.2) is 41.5 Å². The Labute approximate surface area is 164 Å². The van der Waals surface area contributed by atoms with Gasteiger partial charge in [0.25, 0.3) is 5.91 Å². The van der Waals surface area contributed by atoms with Crippen LogP contribution in [0.5, 0.6) is 0 Å². The van der Waals surface area contributed by atoms with Gasteiger partial charge in [0.1, 0.15) is 0 Å². The molecule has 3 heterocycles. The van der Waals surface area contributed by atoms with Crippen molar-refractivity contribution < 1.29 is 9.53 Å². The summed E-state index contributed by atoms with van der Waals surface area (Å²) in [5, 5.41) is 10.9. The normalized spacial score (nSPS) is 22.7. The maximum Gasteiger partial charge on any atom is 0.256 e. The van der Waals surface area contributed by atoms with Crippen LogP contribution in [0.3, 0.4) is 0 Å². The Balaban J connectivity index is 1.32. The van der Waals surface area contributed by atoms with E-state index in [1.807, 2.05) is 20.0 Å². The van der Waals surface area contributed by atoms with Crippen LogP contribution in [0.2, 0.25) is 0 Å². The van der Waals surface area contributed by atoms with E-state index in [9.17, 15) is 4.79 Å². The first-order valence-electron chi connectivity index (χ1n) is 9.89. The van der Waals surface area contributed by atoms with Gasteiger partial charge in [-0.2, -0.15) is 5.10 Å². The van der Waals surface area contributed by atoms with Crippen molar-refractivity contribution in [2.45, 2.75) is 51.6 Å². The number of nitrogens with one attached hydrogen (secondary N) is 2. The lowest BCUT2D eigenvalue weighted by molar-refractivity contribution is 0.0662. The fraction of sp³-hybridized carbons (Fsp3) is 0.600. The molecule has 1 amide bonds. The maximum absolute atomic E-state index is 12.6. The highest BCUT2D eigenvalue weighted by atomic mass is 32.1. The van der Waals surface area contributed by atoms with Gasteiger partial charge in [-0.3, -0.25) is 9.48 Å². The topological polar surface area (TPSA) is 68.2 Å². The molecule has 2 aromatic rings. The maximum atomic E-state index is 12.6. The van der Waals surface area contributed by atoms with E-state index < -0.39 is 0 Å². The minimum Gasteiger partial charge on any atom is -0.381 e. The average molecular weight is 389 g/mol. The van der Waals surface area contributed by atoms with E-state index in [1.54, 1.807) is 22.2 Å². The Kier molecular flexibility index (Phi) is 5.61. The Hall–Kier alpha value is -1.70. The second kappa shape index (κ2) is 8.12. The zero-order chi connectivity index (χ0) is 18.8. The number of thiophene rings is 1. The molecule has 1 aliphatic heterocycles. The van der Waals surface area contributed by atoms with E-state index in [2.05, 4.69) is 21.8 Å². The van der Waals surface area contributed by atoms with Gasteiger partial charge in [-0.05, 0) is 51.6 Å². The van der Waals surface area contributed by atoms with Crippen LogP contribution in [0, 0.1) is 12.8 Å². The molecule has 2 unspecified atom stereocenters. The zero-order valence-corrected chi connectivity index (χ0v) is 16.8. The van der Waals surface area contributed by atoms with E-state index >= 15 is 0 Å². The van der Waals surface area contributed by atoms with E-state index in [4.69, 9.17) is 4.74 Å². The van der Waals surface area contributed by atoms with Crippen molar-refractivity contribution in [2.75, 3.05) is 25.1 Å². The Bertz CT molecular complexity index is 794. The summed E-state index contributed by atoms with van der Waals surface area (Å²) < 4.78 is 7.24. The molecule has 2 N–H and O–H groups in total. The molecule has 0 radical (unpaired) electrons. The molecule has 0 aromatic carbocycles. The number of anilines is 1. The van der Waals surface area contributed by atoms with E-state index in [-0.39, 0.29) is 5.91 Å². The molecule has 0 bridgehead atoms. The first-order chi connectivity index (χ1) is 13.1. The number of nitrogens with zero attached hydrogens (tertiary/aromatic N) is 2.